The third-order valence-electron chi connectivity index (χ3n) is 7.39. The summed E-state index contributed by atoms with van der Waals surface area (Å²) >= 11 is 6.37. The fourth-order valence-electron chi connectivity index (χ4n) is 5.50. The van der Waals surface area contributed by atoms with Crippen molar-refractivity contribution in [2.24, 2.45) is 0 Å². The molecule has 2 aliphatic rings. The van der Waals surface area contributed by atoms with Gasteiger partial charge in [-0.1, -0.05) is 72.3 Å². The number of hydrogen-bond acceptors (Lipinski definition) is 6. The van der Waals surface area contributed by atoms with Crippen molar-refractivity contribution >= 4 is 23.4 Å². The Kier molecular flexibility index (Phi) is 7.75. The third kappa shape index (κ3) is 5.43. The van der Waals surface area contributed by atoms with Crippen LogP contribution in [0.2, 0.25) is 5.02 Å². The summed E-state index contributed by atoms with van der Waals surface area (Å²) in [7, 11) is 1.43. The number of ether oxygens (including phenoxy) is 2. The highest BCUT2D eigenvalue weighted by Gasteiger charge is 2.42. The van der Waals surface area contributed by atoms with E-state index in [9.17, 15) is 14.7 Å². The third-order valence-corrected chi connectivity index (χ3v) is 7.68. The highest BCUT2D eigenvalue weighted by atomic mass is 35.5. The van der Waals surface area contributed by atoms with E-state index in [4.69, 9.17) is 21.1 Å². The molecular weight excluding hydrogens is 514 g/mol. The van der Waals surface area contributed by atoms with Crippen LogP contribution in [0.25, 0.3) is 0 Å². The maximum atomic E-state index is 13.8. The van der Waals surface area contributed by atoms with Crippen molar-refractivity contribution in [1.82, 2.24) is 5.32 Å². The van der Waals surface area contributed by atoms with Crippen molar-refractivity contribution in [2.75, 3.05) is 13.7 Å². The number of rotatable bonds is 7. The molecule has 0 saturated carbocycles. The van der Waals surface area contributed by atoms with E-state index >= 15 is 0 Å². The van der Waals surface area contributed by atoms with Gasteiger partial charge in [-0.2, -0.15) is 0 Å². The Balaban J connectivity index is 1.52. The van der Waals surface area contributed by atoms with Gasteiger partial charge in [0.15, 0.2) is 17.3 Å². The maximum Gasteiger partial charge on any atom is 0.336 e. The van der Waals surface area contributed by atoms with E-state index in [2.05, 4.69) is 5.32 Å². The molecule has 0 spiro atoms. The van der Waals surface area contributed by atoms with E-state index in [1.54, 1.807) is 12.1 Å². The number of esters is 1. The Morgan fingerprint density at radius 1 is 1.03 bits per heavy atom. The van der Waals surface area contributed by atoms with Crippen LogP contribution < -0.4 is 10.1 Å². The van der Waals surface area contributed by atoms with Crippen molar-refractivity contribution in [2.45, 2.75) is 38.0 Å². The van der Waals surface area contributed by atoms with Gasteiger partial charge in [0, 0.05) is 35.7 Å². The van der Waals surface area contributed by atoms with E-state index in [1.807, 2.05) is 67.6 Å². The lowest BCUT2D eigenvalue weighted by molar-refractivity contribution is -0.139. The molecule has 1 aliphatic carbocycles. The summed E-state index contributed by atoms with van der Waals surface area (Å²) in [5.41, 5.74) is 5.00. The number of nitrogens with one attached hydrogen (secondary N) is 1. The Morgan fingerprint density at radius 2 is 1.72 bits per heavy atom. The van der Waals surface area contributed by atoms with Gasteiger partial charge in [0.1, 0.15) is 0 Å². The van der Waals surface area contributed by atoms with Crippen LogP contribution in [-0.2, 0) is 20.7 Å². The zero-order valence-corrected chi connectivity index (χ0v) is 22.6. The van der Waals surface area contributed by atoms with Gasteiger partial charge in [0.05, 0.1) is 24.3 Å². The molecule has 0 bridgehead atoms. The Labute approximate surface area is 232 Å². The van der Waals surface area contributed by atoms with Crippen LogP contribution in [0, 0.1) is 0 Å². The largest absolute Gasteiger partial charge is 0.503 e. The molecule has 3 aromatic carbocycles. The predicted octanol–water partition coefficient (Wildman–Crippen LogP) is 6.20. The number of hydrogen-bond donors (Lipinski definition) is 2. The van der Waals surface area contributed by atoms with Crippen LogP contribution in [0.3, 0.4) is 0 Å². The fraction of sp³-hybridized carbons (Fsp3) is 0.250. The van der Waals surface area contributed by atoms with E-state index in [1.165, 1.54) is 7.11 Å². The highest BCUT2D eigenvalue weighted by molar-refractivity contribution is 6.32. The number of ketones is 1. The summed E-state index contributed by atoms with van der Waals surface area (Å²) in [5, 5.41) is 13.8. The number of carbonyl (C=O) groups excluding carboxylic acids is 2. The molecular formula is C32H30ClNO5. The van der Waals surface area contributed by atoms with E-state index in [0.717, 1.165) is 16.8 Å². The molecule has 3 aromatic rings. The minimum atomic E-state index is -0.721. The Hall–Kier alpha value is -4.03. The normalized spacial score (nSPS) is 18.9. The first-order chi connectivity index (χ1) is 18.9. The van der Waals surface area contributed by atoms with Gasteiger partial charge in [-0.25, -0.2) is 4.79 Å². The van der Waals surface area contributed by atoms with Crippen molar-refractivity contribution in [3.63, 3.8) is 0 Å². The second-order valence-electron chi connectivity index (χ2n) is 9.85. The smallest absolute Gasteiger partial charge is 0.336 e. The molecule has 2 N–H and O–H groups in total. The fourth-order valence-corrected chi connectivity index (χ4v) is 5.72. The lowest BCUT2D eigenvalue weighted by Gasteiger charge is -2.37. The van der Waals surface area contributed by atoms with Gasteiger partial charge in [0.25, 0.3) is 0 Å². The topological polar surface area (TPSA) is 84.9 Å². The van der Waals surface area contributed by atoms with E-state index in [-0.39, 0.29) is 34.8 Å². The van der Waals surface area contributed by atoms with Crippen molar-refractivity contribution in [3.8, 4) is 11.5 Å². The standard InChI is InChI=1S/C32H30ClNO5/c1-19-28(32(37)39-14-13-20-9-5-3-6-10-20)29(23-15-24(33)31(36)27(18-23)38-2)30-25(34-19)16-22(17-26(30)35)21-11-7-4-8-12-21/h3-12,15,18,22,29,34,36H,13-14,16-17H2,1-2H3/t22-,29+/m1/s1. The number of dihydropyridines is 1. The number of Topliss-reactive ketones (excluding diaryl/α,β-unsaturated/α-hetero) is 1. The van der Waals surface area contributed by atoms with E-state index in [0.29, 0.717) is 41.7 Å². The van der Waals surface area contributed by atoms with Crippen molar-refractivity contribution in [3.05, 3.63) is 117 Å². The predicted molar refractivity (Wildman–Crippen MR) is 150 cm³/mol. The molecule has 0 unspecified atom stereocenters. The molecule has 7 heteroatoms. The van der Waals surface area contributed by atoms with Crippen LogP contribution in [0.5, 0.6) is 11.5 Å². The molecule has 0 amide bonds. The van der Waals surface area contributed by atoms with Gasteiger partial charge >= 0.3 is 5.97 Å². The lowest BCUT2D eigenvalue weighted by Crippen LogP contribution is -2.36. The summed E-state index contributed by atoms with van der Waals surface area (Å²) in [6.45, 7) is 2.02. The summed E-state index contributed by atoms with van der Waals surface area (Å²) in [6.07, 6.45) is 1.51. The van der Waals surface area contributed by atoms with E-state index < -0.39 is 11.9 Å². The van der Waals surface area contributed by atoms with Crippen LogP contribution in [0.4, 0.5) is 0 Å². The average Bonchev–Trinajstić information content (AvgIpc) is 2.94. The zero-order chi connectivity index (χ0) is 27.5. The lowest BCUT2D eigenvalue weighted by atomic mass is 9.71. The summed E-state index contributed by atoms with van der Waals surface area (Å²) in [6, 6.07) is 23.0. The molecule has 0 fully saturated rings. The van der Waals surface area contributed by atoms with Gasteiger partial charge in [-0.15, -0.1) is 0 Å². The molecule has 0 saturated heterocycles. The number of aromatic hydroxyl groups is 1. The average molecular weight is 544 g/mol. The summed E-state index contributed by atoms with van der Waals surface area (Å²) < 4.78 is 11.1. The number of allylic oxidation sites excluding steroid dienone is 3. The number of benzene rings is 3. The van der Waals surface area contributed by atoms with Crippen LogP contribution in [0.15, 0.2) is 95.3 Å². The number of halogens is 1. The first-order valence-corrected chi connectivity index (χ1v) is 13.3. The molecule has 200 valence electrons. The molecule has 2 atom stereocenters. The van der Waals surface area contributed by atoms with Crippen LogP contribution in [0.1, 0.15) is 48.3 Å². The minimum Gasteiger partial charge on any atom is -0.503 e. The number of methoxy groups -OCH3 is 1. The molecule has 39 heavy (non-hydrogen) atoms. The summed E-state index contributed by atoms with van der Waals surface area (Å²) in [5.74, 6) is -1.28. The molecule has 1 heterocycles. The zero-order valence-electron chi connectivity index (χ0n) is 21.9. The molecule has 0 aromatic heterocycles. The first-order valence-electron chi connectivity index (χ1n) is 12.9. The maximum absolute atomic E-state index is 13.8. The van der Waals surface area contributed by atoms with Gasteiger partial charge in [0.2, 0.25) is 0 Å². The first kappa shape index (κ1) is 26.6. The number of carbonyl (C=O) groups is 2. The van der Waals surface area contributed by atoms with Gasteiger partial charge < -0.3 is 19.9 Å². The van der Waals surface area contributed by atoms with Crippen LogP contribution >= 0.6 is 11.6 Å². The summed E-state index contributed by atoms with van der Waals surface area (Å²) in [4.78, 5) is 27.4. The van der Waals surface area contributed by atoms with Crippen molar-refractivity contribution < 1.29 is 24.2 Å². The van der Waals surface area contributed by atoms with Crippen molar-refractivity contribution in [1.29, 1.82) is 0 Å². The quantitative estimate of drug-likeness (QED) is 0.345. The second kappa shape index (κ2) is 11.4. The monoisotopic (exact) mass is 543 g/mol. The second-order valence-corrected chi connectivity index (χ2v) is 10.3. The Morgan fingerprint density at radius 3 is 2.41 bits per heavy atom. The number of phenols is 1. The van der Waals surface area contributed by atoms with Crippen LogP contribution in [-0.4, -0.2) is 30.6 Å². The molecule has 1 aliphatic heterocycles. The Bertz CT molecular complexity index is 1460. The molecule has 5 rings (SSSR count). The number of phenolic OH excluding ortho intramolecular Hbond substituents is 1. The van der Waals surface area contributed by atoms with Gasteiger partial charge in [-0.3, -0.25) is 4.79 Å². The SMILES string of the molecule is COc1cc([C@H]2C(C(=O)OCCc3ccccc3)=C(C)NC3=C2C(=O)C[C@H](c2ccccc2)C3)cc(Cl)c1O. The highest BCUT2D eigenvalue weighted by Crippen LogP contribution is 2.48. The molecule has 0 radical (unpaired) electrons. The minimum absolute atomic E-state index is 0.0238. The molecule has 6 nitrogen and oxygen atoms in total. The van der Waals surface area contributed by atoms with Gasteiger partial charge in [-0.05, 0) is 48.1 Å².